The molecule has 2 aromatic carbocycles. The van der Waals surface area contributed by atoms with E-state index in [4.69, 9.17) is 14.0 Å². The van der Waals surface area contributed by atoms with Crippen LogP contribution in [0.25, 0.3) is 0 Å². The molecule has 0 aliphatic carbocycles. The molecule has 2 aromatic rings. The highest BCUT2D eigenvalue weighted by Gasteiger charge is 2.52. The monoisotopic (exact) mass is 346 g/mol. The van der Waals surface area contributed by atoms with Crippen LogP contribution in [0.2, 0.25) is 0 Å². The van der Waals surface area contributed by atoms with E-state index in [1.807, 2.05) is 58.0 Å². The van der Waals surface area contributed by atoms with Crippen molar-refractivity contribution in [3.8, 4) is 5.75 Å². The zero-order valence-electron chi connectivity index (χ0n) is 14.8. The Labute approximate surface area is 147 Å². The fourth-order valence-electron chi connectivity index (χ4n) is 2.54. The van der Waals surface area contributed by atoms with Crippen LogP contribution in [0.1, 0.15) is 33.3 Å². The lowest BCUT2D eigenvalue weighted by molar-refractivity contribution is 0.00578. The number of ether oxygens (including phenoxy) is 1. The first kappa shape index (κ1) is 17.9. The van der Waals surface area contributed by atoms with Crippen molar-refractivity contribution in [2.75, 3.05) is 0 Å². The molecule has 0 N–H and O–H groups in total. The van der Waals surface area contributed by atoms with Crippen molar-refractivity contribution in [1.29, 1.82) is 0 Å². The summed E-state index contributed by atoms with van der Waals surface area (Å²) in [5.41, 5.74) is -0.341. The summed E-state index contributed by atoms with van der Waals surface area (Å²) in [5.74, 6) is -1.41. The quantitative estimate of drug-likeness (QED) is 0.788. The maximum atomic E-state index is 14.5. The second-order valence-corrected chi connectivity index (χ2v) is 7.17. The van der Waals surface area contributed by atoms with E-state index in [1.54, 1.807) is 0 Å². The van der Waals surface area contributed by atoms with E-state index >= 15 is 0 Å². The van der Waals surface area contributed by atoms with Gasteiger partial charge in [0.25, 0.3) is 0 Å². The third-order valence-corrected chi connectivity index (χ3v) is 4.80. The van der Waals surface area contributed by atoms with Crippen LogP contribution in [0.4, 0.5) is 8.78 Å². The third-order valence-electron chi connectivity index (χ3n) is 4.80. The molecule has 0 amide bonds. The molecule has 1 saturated heterocycles. The van der Waals surface area contributed by atoms with Gasteiger partial charge in [0.1, 0.15) is 12.4 Å². The standard InChI is InChI=1S/C19H21BF2O3/c1-18(2)19(3,4)25-20(24-18)14-10-16(22)17(11-15(14)21)23-12-13-8-6-5-7-9-13/h5-11H,12H2,1-4H3. The maximum Gasteiger partial charge on any atom is 0.497 e. The molecule has 0 spiro atoms. The summed E-state index contributed by atoms with van der Waals surface area (Å²) >= 11 is 0. The van der Waals surface area contributed by atoms with E-state index in [1.165, 1.54) is 0 Å². The Balaban J connectivity index is 1.79. The van der Waals surface area contributed by atoms with E-state index in [2.05, 4.69) is 0 Å². The SMILES string of the molecule is CC1(C)OB(c2cc(F)c(OCc3ccccc3)cc2F)OC1(C)C. The van der Waals surface area contributed by atoms with Gasteiger partial charge in [-0.15, -0.1) is 0 Å². The van der Waals surface area contributed by atoms with Crippen LogP contribution < -0.4 is 10.2 Å². The molecular formula is C19H21BF2O3. The fourth-order valence-corrected chi connectivity index (χ4v) is 2.54. The predicted molar refractivity (Wildman–Crippen MR) is 92.8 cm³/mol. The first-order chi connectivity index (χ1) is 11.7. The molecule has 0 saturated carbocycles. The molecule has 1 aliphatic heterocycles. The van der Waals surface area contributed by atoms with Crippen molar-refractivity contribution in [3.63, 3.8) is 0 Å². The predicted octanol–water partition coefficient (Wildman–Crippen LogP) is 3.84. The van der Waals surface area contributed by atoms with Gasteiger partial charge in [0, 0.05) is 11.5 Å². The van der Waals surface area contributed by atoms with Gasteiger partial charge in [-0.3, -0.25) is 0 Å². The molecule has 0 bridgehead atoms. The lowest BCUT2D eigenvalue weighted by Crippen LogP contribution is -2.41. The Morgan fingerprint density at radius 3 is 2.12 bits per heavy atom. The molecule has 25 heavy (non-hydrogen) atoms. The van der Waals surface area contributed by atoms with Crippen LogP contribution in [-0.2, 0) is 15.9 Å². The lowest BCUT2D eigenvalue weighted by atomic mass is 9.78. The van der Waals surface area contributed by atoms with Gasteiger partial charge in [-0.1, -0.05) is 30.3 Å². The summed E-state index contributed by atoms with van der Waals surface area (Å²) in [7, 11) is -0.956. The van der Waals surface area contributed by atoms with Crippen molar-refractivity contribution >= 4 is 12.6 Å². The van der Waals surface area contributed by atoms with Gasteiger partial charge in [-0.2, -0.15) is 0 Å². The van der Waals surface area contributed by atoms with Gasteiger partial charge in [-0.25, -0.2) is 8.78 Å². The van der Waals surface area contributed by atoms with Gasteiger partial charge >= 0.3 is 7.12 Å². The normalized spacial score (nSPS) is 18.4. The van der Waals surface area contributed by atoms with E-state index in [9.17, 15) is 8.78 Å². The molecule has 1 aliphatic rings. The molecule has 1 heterocycles. The van der Waals surface area contributed by atoms with E-state index in [0.717, 1.165) is 17.7 Å². The minimum Gasteiger partial charge on any atom is -0.486 e. The van der Waals surface area contributed by atoms with Crippen molar-refractivity contribution < 1.29 is 22.8 Å². The second-order valence-electron chi connectivity index (χ2n) is 7.17. The van der Waals surface area contributed by atoms with Crippen molar-refractivity contribution in [2.24, 2.45) is 0 Å². The third kappa shape index (κ3) is 3.55. The Morgan fingerprint density at radius 1 is 0.920 bits per heavy atom. The number of hydrogen-bond acceptors (Lipinski definition) is 3. The molecular weight excluding hydrogens is 325 g/mol. The summed E-state index contributed by atoms with van der Waals surface area (Å²) in [6, 6.07) is 11.4. The number of hydrogen-bond donors (Lipinski definition) is 0. The van der Waals surface area contributed by atoms with Crippen LogP contribution in [0.5, 0.6) is 5.75 Å². The summed E-state index contributed by atoms with van der Waals surface area (Å²) in [6.07, 6.45) is 0. The van der Waals surface area contributed by atoms with E-state index in [-0.39, 0.29) is 17.8 Å². The highest BCUT2D eigenvalue weighted by atomic mass is 19.1. The summed E-state index contributed by atoms with van der Waals surface area (Å²) < 4.78 is 45.9. The molecule has 6 heteroatoms. The average Bonchev–Trinajstić information content (AvgIpc) is 2.76. The number of halogens is 2. The van der Waals surface area contributed by atoms with Crippen molar-refractivity contribution in [2.45, 2.75) is 45.5 Å². The van der Waals surface area contributed by atoms with Crippen molar-refractivity contribution in [3.05, 3.63) is 59.7 Å². The molecule has 3 nitrogen and oxygen atoms in total. The molecule has 1 fully saturated rings. The molecule has 0 aromatic heterocycles. The van der Waals surface area contributed by atoms with Gasteiger partial charge in [0.2, 0.25) is 0 Å². The number of rotatable bonds is 4. The largest absolute Gasteiger partial charge is 0.497 e. The summed E-state index contributed by atoms with van der Waals surface area (Å²) in [6.45, 7) is 7.60. The van der Waals surface area contributed by atoms with Crippen LogP contribution in [0.15, 0.2) is 42.5 Å². The number of benzene rings is 2. The Hall–Kier alpha value is -1.92. The topological polar surface area (TPSA) is 27.7 Å². The zero-order chi connectivity index (χ0) is 18.2. The van der Waals surface area contributed by atoms with Crippen LogP contribution >= 0.6 is 0 Å². The first-order valence-electron chi connectivity index (χ1n) is 8.21. The van der Waals surface area contributed by atoms with Gasteiger partial charge in [0.05, 0.1) is 11.2 Å². The van der Waals surface area contributed by atoms with Gasteiger partial charge < -0.3 is 14.0 Å². The Bertz CT molecular complexity index is 747. The average molecular weight is 346 g/mol. The first-order valence-corrected chi connectivity index (χ1v) is 8.21. The van der Waals surface area contributed by atoms with Crippen molar-refractivity contribution in [1.82, 2.24) is 0 Å². The van der Waals surface area contributed by atoms with E-state index in [0.29, 0.717) is 0 Å². The Kier molecular flexibility index (Phi) is 4.60. The minimum atomic E-state index is -0.956. The smallest absolute Gasteiger partial charge is 0.486 e. The second kappa shape index (κ2) is 6.43. The molecule has 0 unspecified atom stereocenters. The zero-order valence-corrected chi connectivity index (χ0v) is 14.8. The highest BCUT2D eigenvalue weighted by molar-refractivity contribution is 6.62. The van der Waals surface area contributed by atoms with Crippen LogP contribution in [0.3, 0.4) is 0 Å². The summed E-state index contributed by atoms with van der Waals surface area (Å²) in [4.78, 5) is 0. The molecule has 3 rings (SSSR count). The summed E-state index contributed by atoms with van der Waals surface area (Å²) in [5, 5.41) is 0. The minimum absolute atomic E-state index is 0.0308. The highest BCUT2D eigenvalue weighted by Crippen LogP contribution is 2.37. The molecule has 132 valence electrons. The van der Waals surface area contributed by atoms with Crippen LogP contribution in [0, 0.1) is 11.6 Å². The molecule has 0 atom stereocenters. The lowest BCUT2D eigenvalue weighted by Gasteiger charge is -2.32. The fraction of sp³-hybridized carbons (Fsp3) is 0.368. The molecule has 0 radical (unpaired) electrons. The van der Waals surface area contributed by atoms with Crippen LogP contribution in [-0.4, -0.2) is 18.3 Å². The van der Waals surface area contributed by atoms with Gasteiger partial charge in [0.15, 0.2) is 11.6 Å². The Morgan fingerprint density at radius 2 is 1.52 bits per heavy atom. The van der Waals surface area contributed by atoms with Gasteiger partial charge in [-0.05, 0) is 39.3 Å². The maximum absolute atomic E-state index is 14.5. The van der Waals surface area contributed by atoms with E-state index < -0.39 is 30.0 Å².